The molecule has 5 nitrogen and oxygen atoms in total. The second-order valence-corrected chi connectivity index (χ2v) is 6.66. The van der Waals surface area contributed by atoms with Crippen molar-refractivity contribution >= 4 is 33.3 Å². The molecule has 0 aliphatic carbocycles. The average Bonchev–Trinajstić information content (AvgIpc) is 2.60. The number of morpholine rings is 1. The predicted molar refractivity (Wildman–Crippen MR) is 93.4 cm³/mol. The van der Waals surface area contributed by atoms with E-state index in [1.54, 1.807) is 6.07 Å². The Balaban J connectivity index is 1.77. The number of nitrogens with one attached hydrogen (secondary N) is 2. The quantitative estimate of drug-likeness (QED) is 0.798. The van der Waals surface area contributed by atoms with Gasteiger partial charge in [0.25, 0.3) is 0 Å². The summed E-state index contributed by atoms with van der Waals surface area (Å²) in [6.45, 7) is 3.45. The largest absolute Gasteiger partial charge is 0.545 e. The Kier molecular flexibility index (Phi) is 5.50. The first kappa shape index (κ1) is 17.0. The second kappa shape index (κ2) is 7.79. The number of anilines is 1. The number of carbonyl (C=O) groups excluding carboxylic acids is 1. The first-order valence-corrected chi connectivity index (χ1v) is 8.69. The lowest BCUT2D eigenvalue weighted by Crippen LogP contribution is -3.09. The van der Waals surface area contributed by atoms with Crippen molar-refractivity contribution in [2.45, 2.75) is 6.54 Å². The first-order chi connectivity index (χ1) is 11.6. The molecule has 2 aromatic rings. The molecule has 1 aliphatic heterocycles. The van der Waals surface area contributed by atoms with Gasteiger partial charge in [-0.05, 0) is 29.8 Å². The summed E-state index contributed by atoms with van der Waals surface area (Å²) in [4.78, 5) is 12.7. The van der Waals surface area contributed by atoms with Crippen LogP contribution in [0.5, 0.6) is 0 Å². The highest BCUT2D eigenvalue weighted by molar-refractivity contribution is 9.10. The summed E-state index contributed by atoms with van der Waals surface area (Å²) >= 11 is 3.45. The molecular formula is C18H19BrN2O3. The third-order valence-corrected chi connectivity index (χ3v) is 4.60. The van der Waals surface area contributed by atoms with Crippen LogP contribution in [-0.4, -0.2) is 32.3 Å². The van der Waals surface area contributed by atoms with Crippen molar-refractivity contribution < 1.29 is 19.5 Å². The fourth-order valence-corrected chi connectivity index (χ4v) is 3.32. The molecule has 126 valence electrons. The van der Waals surface area contributed by atoms with E-state index in [0.29, 0.717) is 19.8 Å². The highest BCUT2D eigenvalue weighted by Crippen LogP contribution is 2.19. The second-order valence-electron chi connectivity index (χ2n) is 5.75. The van der Waals surface area contributed by atoms with Gasteiger partial charge in [0.2, 0.25) is 0 Å². The minimum absolute atomic E-state index is 0.242. The minimum atomic E-state index is -1.14. The monoisotopic (exact) mass is 390 g/mol. The Labute approximate surface area is 149 Å². The van der Waals surface area contributed by atoms with Gasteiger partial charge in [0, 0.05) is 22.8 Å². The Morgan fingerprint density at radius 1 is 1.21 bits per heavy atom. The summed E-state index contributed by atoms with van der Waals surface area (Å²) in [5.74, 6) is -1.14. The van der Waals surface area contributed by atoms with Gasteiger partial charge in [-0.1, -0.05) is 28.1 Å². The molecule has 1 aliphatic rings. The maximum atomic E-state index is 11.5. The van der Waals surface area contributed by atoms with Crippen LogP contribution in [0.1, 0.15) is 15.9 Å². The van der Waals surface area contributed by atoms with Gasteiger partial charge in [-0.15, -0.1) is 0 Å². The lowest BCUT2D eigenvalue weighted by atomic mass is 10.1. The summed E-state index contributed by atoms with van der Waals surface area (Å²) < 4.78 is 6.36. The van der Waals surface area contributed by atoms with Gasteiger partial charge in [0.15, 0.2) is 0 Å². The molecule has 0 spiro atoms. The van der Waals surface area contributed by atoms with Crippen LogP contribution in [0.25, 0.3) is 0 Å². The number of ether oxygens (including phenoxy) is 1. The van der Waals surface area contributed by atoms with Crippen molar-refractivity contribution in [3.8, 4) is 0 Å². The topological polar surface area (TPSA) is 65.8 Å². The van der Waals surface area contributed by atoms with Crippen molar-refractivity contribution in [1.82, 2.24) is 0 Å². The van der Waals surface area contributed by atoms with Crippen molar-refractivity contribution in [2.75, 3.05) is 31.6 Å². The third kappa shape index (κ3) is 4.14. The Morgan fingerprint density at radius 3 is 2.71 bits per heavy atom. The van der Waals surface area contributed by atoms with E-state index in [1.807, 2.05) is 36.4 Å². The van der Waals surface area contributed by atoms with Crippen LogP contribution in [0, 0.1) is 0 Å². The zero-order valence-electron chi connectivity index (χ0n) is 13.2. The van der Waals surface area contributed by atoms with Crippen LogP contribution in [-0.2, 0) is 11.3 Å². The summed E-state index contributed by atoms with van der Waals surface area (Å²) in [5.41, 5.74) is 2.89. The van der Waals surface area contributed by atoms with E-state index in [-0.39, 0.29) is 5.56 Å². The maximum Gasteiger partial charge on any atom is 0.140 e. The van der Waals surface area contributed by atoms with Gasteiger partial charge >= 0.3 is 0 Å². The highest BCUT2D eigenvalue weighted by Gasteiger charge is 2.20. The van der Waals surface area contributed by atoms with Gasteiger partial charge in [-0.3, -0.25) is 4.90 Å². The van der Waals surface area contributed by atoms with Gasteiger partial charge < -0.3 is 20.0 Å². The first-order valence-electron chi connectivity index (χ1n) is 7.90. The van der Waals surface area contributed by atoms with Crippen LogP contribution < -0.4 is 15.3 Å². The summed E-state index contributed by atoms with van der Waals surface area (Å²) in [6, 6.07) is 13.4. The van der Waals surface area contributed by atoms with Crippen LogP contribution in [0.4, 0.5) is 11.4 Å². The standard InChI is InChI=1S/C18H19BrN2O3/c19-14-3-1-2-13(10-14)12-20-15-4-5-17(16(11-15)18(22)23)21-6-8-24-9-7-21/h1-5,10-11,20H,6-9,12H2,(H,22,23). The number of halogens is 1. The average molecular weight is 391 g/mol. The number of rotatable bonds is 5. The Hall–Kier alpha value is -1.89. The van der Waals surface area contributed by atoms with E-state index in [9.17, 15) is 9.90 Å². The van der Waals surface area contributed by atoms with Crippen LogP contribution >= 0.6 is 15.9 Å². The molecule has 0 atom stereocenters. The number of hydrogen-bond acceptors (Lipinski definition) is 4. The van der Waals surface area contributed by atoms with Gasteiger partial charge in [0.1, 0.15) is 18.8 Å². The number of aromatic carboxylic acids is 1. The smallest absolute Gasteiger partial charge is 0.140 e. The molecule has 2 N–H and O–H groups in total. The van der Waals surface area contributed by atoms with Gasteiger partial charge in [-0.25, -0.2) is 0 Å². The van der Waals surface area contributed by atoms with E-state index < -0.39 is 5.97 Å². The van der Waals surface area contributed by atoms with Crippen LogP contribution in [0.3, 0.4) is 0 Å². The molecule has 1 heterocycles. The highest BCUT2D eigenvalue weighted by atomic mass is 79.9. The molecule has 0 unspecified atom stereocenters. The molecule has 1 fully saturated rings. The zero-order chi connectivity index (χ0) is 16.9. The normalized spacial score (nSPS) is 15.2. The molecule has 1 saturated heterocycles. The molecule has 0 saturated carbocycles. The number of carboxylic acid groups (broad SMARTS) is 1. The molecule has 24 heavy (non-hydrogen) atoms. The lowest BCUT2D eigenvalue weighted by molar-refractivity contribution is -0.842. The SMILES string of the molecule is O=C([O-])c1cc(NCc2cccc(Br)c2)ccc1[NH+]1CCOCC1. The molecule has 6 heteroatoms. The van der Waals surface area contributed by atoms with E-state index in [4.69, 9.17) is 4.74 Å². The van der Waals surface area contributed by atoms with E-state index in [2.05, 4.69) is 21.2 Å². The number of hydrogen-bond donors (Lipinski definition) is 2. The fourth-order valence-electron chi connectivity index (χ4n) is 2.87. The third-order valence-electron chi connectivity index (χ3n) is 4.10. The number of carbonyl (C=O) groups is 1. The zero-order valence-corrected chi connectivity index (χ0v) is 14.8. The van der Waals surface area contributed by atoms with Crippen molar-refractivity contribution in [1.29, 1.82) is 0 Å². The van der Waals surface area contributed by atoms with Gasteiger partial charge in [0.05, 0.1) is 24.7 Å². The van der Waals surface area contributed by atoms with Crippen molar-refractivity contribution in [3.05, 3.63) is 58.1 Å². The number of benzene rings is 2. The predicted octanol–water partition coefficient (Wildman–Crippen LogP) is 0.971. The molecule has 0 aromatic heterocycles. The minimum Gasteiger partial charge on any atom is -0.545 e. The molecule has 0 amide bonds. The molecule has 0 bridgehead atoms. The Morgan fingerprint density at radius 2 is 2.00 bits per heavy atom. The molecule has 0 radical (unpaired) electrons. The summed E-state index contributed by atoms with van der Waals surface area (Å²) in [7, 11) is 0. The number of quaternary nitrogens is 1. The lowest BCUT2D eigenvalue weighted by Gasteiger charge is -2.25. The molecule has 3 rings (SSSR count). The fraction of sp³-hybridized carbons (Fsp3) is 0.278. The summed E-state index contributed by atoms with van der Waals surface area (Å²) in [5, 5.41) is 14.8. The van der Waals surface area contributed by atoms with Crippen LogP contribution in [0.15, 0.2) is 46.9 Å². The van der Waals surface area contributed by atoms with Gasteiger partial charge in [-0.2, -0.15) is 0 Å². The van der Waals surface area contributed by atoms with E-state index in [1.165, 1.54) is 0 Å². The van der Waals surface area contributed by atoms with E-state index in [0.717, 1.165) is 39.4 Å². The van der Waals surface area contributed by atoms with Crippen molar-refractivity contribution in [2.24, 2.45) is 0 Å². The van der Waals surface area contributed by atoms with E-state index >= 15 is 0 Å². The molecular weight excluding hydrogens is 372 g/mol. The number of carboxylic acids is 1. The summed E-state index contributed by atoms with van der Waals surface area (Å²) in [6.07, 6.45) is 0. The molecule has 2 aromatic carbocycles. The van der Waals surface area contributed by atoms with Crippen molar-refractivity contribution in [3.63, 3.8) is 0 Å². The Bertz CT molecular complexity index is 730. The maximum absolute atomic E-state index is 11.5. The van der Waals surface area contributed by atoms with Crippen LogP contribution in [0.2, 0.25) is 0 Å².